The van der Waals surface area contributed by atoms with Gasteiger partial charge in [0.15, 0.2) is 0 Å². The molecule has 1 heterocycles. The predicted molar refractivity (Wildman–Crippen MR) is 71.4 cm³/mol. The molecule has 1 aromatic rings. The molecule has 0 bridgehead atoms. The van der Waals surface area contributed by atoms with Crippen molar-refractivity contribution in [1.29, 1.82) is 0 Å². The van der Waals surface area contributed by atoms with Crippen LogP contribution in [0.2, 0.25) is 0 Å². The van der Waals surface area contributed by atoms with E-state index in [0.717, 1.165) is 32.5 Å². The average Bonchev–Trinajstić information content (AvgIpc) is 2.79. The zero-order valence-electron chi connectivity index (χ0n) is 10.6. The highest BCUT2D eigenvalue weighted by Crippen LogP contribution is 2.24. The van der Waals surface area contributed by atoms with Crippen molar-refractivity contribution in [3.63, 3.8) is 0 Å². The highest BCUT2D eigenvalue weighted by Gasteiger charge is 2.23. The second kappa shape index (κ2) is 6.03. The predicted octanol–water partition coefficient (Wildman–Crippen LogP) is 1.94. The van der Waals surface area contributed by atoms with Gasteiger partial charge in [-0.3, -0.25) is 0 Å². The molecule has 1 fully saturated rings. The van der Waals surface area contributed by atoms with Crippen LogP contribution >= 0.6 is 0 Å². The van der Waals surface area contributed by atoms with E-state index >= 15 is 0 Å². The van der Waals surface area contributed by atoms with Crippen molar-refractivity contribution in [2.24, 2.45) is 5.73 Å². The second-order valence-electron chi connectivity index (χ2n) is 4.66. The number of anilines is 1. The number of nitrogens with two attached hydrogens (primary N) is 1. The summed E-state index contributed by atoms with van der Waals surface area (Å²) in [6, 6.07) is 8.55. The Morgan fingerprint density at radius 2 is 2.24 bits per heavy atom. The van der Waals surface area contributed by atoms with Crippen molar-refractivity contribution in [3.8, 4) is 0 Å². The smallest absolute Gasteiger partial charge is 0.0766 e. The Hall–Kier alpha value is -1.06. The van der Waals surface area contributed by atoms with E-state index in [4.69, 9.17) is 10.5 Å². The summed E-state index contributed by atoms with van der Waals surface area (Å²) in [6.07, 6.45) is 2.46. The highest BCUT2D eigenvalue weighted by atomic mass is 16.5. The molecule has 0 radical (unpaired) electrons. The first-order chi connectivity index (χ1) is 8.31. The molecule has 3 heteroatoms. The molecule has 0 amide bonds. The summed E-state index contributed by atoms with van der Waals surface area (Å²) in [5, 5.41) is 0. The topological polar surface area (TPSA) is 38.5 Å². The molecule has 2 rings (SSSR count). The molecule has 0 aliphatic carbocycles. The number of benzene rings is 1. The number of nitrogens with zero attached hydrogens (tertiary/aromatic N) is 1. The number of hydrogen-bond donors (Lipinski definition) is 1. The largest absolute Gasteiger partial charge is 0.376 e. The molecule has 3 nitrogen and oxygen atoms in total. The van der Waals surface area contributed by atoms with Crippen molar-refractivity contribution in [3.05, 3.63) is 29.8 Å². The maximum Gasteiger partial charge on any atom is 0.0766 e. The van der Waals surface area contributed by atoms with Crippen molar-refractivity contribution < 1.29 is 4.74 Å². The minimum Gasteiger partial charge on any atom is -0.376 e. The van der Waals surface area contributed by atoms with Crippen LogP contribution in [0.4, 0.5) is 5.69 Å². The Balaban J connectivity index is 1.87. The van der Waals surface area contributed by atoms with Gasteiger partial charge in [-0.25, -0.2) is 0 Å². The summed E-state index contributed by atoms with van der Waals surface area (Å²) >= 11 is 0. The summed E-state index contributed by atoms with van der Waals surface area (Å²) in [5.74, 6) is 0. The molecule has 0 unspecified atom stereocenters. The third kappa shape index (κ3) is 3.20. The van der Waals surface area contributed by atoms with E-state index in [1.807, 2.05) is 0 Å². The zero-order valence-corrected chi connectivity index (χ0v) is 10.6. The Morgan fingerprint density at radius 1 is 1.41 bits per heavy atom. The van der Waals surface area contributed by atoms with Gasteiger partial charge in [0, 0.05) is 25.4 Å². The lowest BCUT2D eigenvalue weighted by Gasteiger charge is -2.20. The van der Waals surface area contributed by atoms with Crippen molar-refractivity contribution >= 4 is 5.69 Å². The lowest BCUT2D eigenvalue weighted by Crippen LogP contribution is -2.24. The minimum atomic E-state index is 0.376. The number of para-hydroxylation sites is 1. The fourth-order valence-electron chi connectivity index (χ4n) is 2.33. The molecule has 0 aromatic heterocycles. The minimum absolute atomic E-state index is 0.376. The molecule has 1 aliphatic heterocycles. The maximum absolute atomic E-state index is 5.81. The summed E-state index contributed by atoms with van der Waals surface area (Å²) in [6.45, 7) is 5.78. The van der Waals surface area contributed by atoms with Gasteiger partial charge in [0.25, 0.3) is 0 Å². The van der Waals surface area contributed by atoms with Crippen LogP contribution in [0.1, 0.15) is 18.4 Å². The average molecular weight is 234 g/mol. The van der Waals surface area contributed by atoms with Crippen molar-refractivity contribution in [2.45, 2.75) is 25.9 Å². The van der Waals surface area contributed by atoms with Crippen LogP contribution in [0.15, 0.2) is 24.3 Å². The van der Waals surface area contributed by atoms with E-state index in [-0.39, 0.29) is 0 Å². The number of hydrogen-bond acceptors (Lipinski definition) is 3. The van der Waals surface area contributed by atoms with Crippen LogP contribution in [0.3, 0.4) is 0 Å². The van der Waals surface area contributed by atoms with Gasteiger partial charge in [-0.05, 0) is 37.9 Å². The van der Waals surface area contributed by atoms with Crippen LogP contribution in [0.5, 0.6) is 0 Å². The molecule has 0 spiro atoms. The van der Waals surface area contributed by atoms with Crippen LogP contribution in [-0.4, -0.2) is 32.3 Å². The molecular formula is C14H22N2O. The van der Waals surface area contributed by atoms with Gasteiger partial charge in [-0.2, -0.15) is 0 Å². The summed E-state index contributed by atoms with van der Waals surface area (Å²) < 4.78 is 5.81. The summed E-state index contributed by atoms with van der Waals surface area (Å²) in [7, 11) is 0. The van der Waals surface area contributed by atoms with Gasteiger partial charge < -0.3 is 15.4 Å². The van der Waals surface area contributed by atoms with Gasteiger partial charge in [-0.1, -0.05) is 18.2 Å². The van der Waals surface area contributed by atoms with Crippen molar-refractivity contribution in [2.75, 3.05) is 31.1 Å². The Labute approximate surface area is 104 Å². The van der Waals surface area contributed by atoms with Crippen LogP contribution in [0.25, 0.3) is 0 Å². The maximum atomic E-state index is 5.81. The normalized spacial score (nSPS) is 19.9. The Bertz CT molecular complexity index is 354. The van der Waals surface area contributed by atoms with Gasteiger partial charge in [-0.15, -0.1) is 0 Å². The monoisotopic (exact) mass is 234 g/mol. The molecule has 2 N–H and O–H groups in total. The molecule has 0 saturated carbocycles. The molecule has 94 valence electrons. The number of ether oxygens (including phenoxy) is 1. The van der Waals surface area contributed by atoms with Crippen LogP contribution < -0.4 is 10.6 Å². The number of aryl methyl sites for hydroxylation is 1. The third-order valence-corrected chi connectivity index (χ3v) is 3.30. The first-order valence-electron chi connectivity index (χ1n) is 6.43. The molecular weight excluding hydrogens is 212 g/mol. The van der Waals surface area contributed by atoms with E-state index in [1.165, 1.54) is 11.3 Å². The first-order valence-corrected chi connectivity index (χ1v) is 6.43. The molecule has 1 aromatic carbocycles. The molecule has 1 saturated heterocycles. The Morgan fingerprint density at radius 3 is 3.00 bits per heavy atom. The SMILES string of the molecule is Cc1ccccc1N1CC[C@H](OCCCN)C1. The van der Waals surface area contributed by atoms with Gasteiger partial charge in [0.2, 0.25) is 0 Å². The zero-order chi connectivity index (χ0) is 12.1. The lowest BCUT2D eigenvalue weighted by atomic mass is 10.2. The first kappa shape index (κ1) is 12.4. The standard InChI is InChI=1S/C14H22N2O/c1-12-5-2-3-6-14(12)16-9-7-13(11-16)17-10-4-8-15/h2-3,5-6,13H,4,7-11,15H2,1H3/t13-/m0/s1. The molecule has 1 aliphatic rings. The highest BCUT2D eigenvalue weighted by molar-refractivity contribution is 5.53. The Kier molecular flexibility index (Phi) is 4.40. The quantitative estimate of drug-likeness (QED) is 0.791. The summed E-state index contributed by atoms with van der Waals surface area (Å²) in [4.78, 5) is 2.42. The van der Waals surface area contributed by atoms with E-state index in [0.29, 0.717) is 12.6 Å². The lowest BCUT2D eigenvalue weighted by molar-refractivity contribution is 0.0676. The van der Waals surface area contributed by atoms with Crippen molar-refractivity contribution in [1.82, 2.24) is 0 Å². The van der Waals surface area contributed by atoms with Gasteiger partial charge in [0.05, 0.1) is 6.10 Å². The van der Waals surface area contributed by atoms with Gasteiger partial charge >= 0.3 is 0 Å². The third-order valence-electron chi connectivity index (χ3n) is 3.30. The van der Waals surface area contributed by atoms with E-state index in [9.17, 15) is 0 Å². The molecule has 17 heavy (non-hydrogen) atoms. The van der Waals surface area contributed by atoms with E-state index in [2.05, 4.69) is 36.1 Å². The van der Waals surface area contributed by atoms with Crippen LogP contribution in [-0.2, 0) is 4.74 Å². The fourth-order valence-corrected chi connectivity index (χ4v) is 2.33. The number of rotatable bonds is 5. The second-order valence-corrected chi connectivity index (χ2v) is 4.66. The fraction of sp³-hybridized carbons (Fsp3) is 0.571. The molecule has 1 atom stereocenters. The summed E-state index contributed by atoms with van der Waals surface area (Å²) in [5.41, 5.74) is 8.15. The van der Waals surface area contributed by atoms with E-state index < -0.39 is 0 Å². The van der Waals surface area contributed by atoms with Gasteiger partial charge in [0.1, 0.15) is 0 Å². The van der Waals surface area contributed by atoms with E-state index in [1.54, 1.807) is 0 Å². The van der Waals surface area contributed by atoms with Crippen LogP contribution in [0, 0.1) is 6.92 Å².